The van der Waals surface area contributed by atoms with E-state index >= 15 is 0 Å². The van der Waals surface area contributed by atoms with Crippen molar-refractivity contribution in [2.45, 2.75) is 13.2 Å². The summed E-state index contributed by atoms with van der Waals surface area (Å²) >= 11 is 0. The molecule has 0 amide bonds. The molecule has 0 bridgehead atoms. The van der Waals surface area contributed by atoms with Crippen molar-refractivity contribution in [1.82, 2.24) is 10.3 Å². The van der Waals surface area contributed by atoms with E-state index in [1.165, 1.54) is 0 Å². The van der Waals surface area contributed by atoms with Crippen LogP contribution < -0.4 is 5.32 Å². The van der Waals surface area contributed by atoms with Crippen LogP contribution >= 0.6 is 7.14 Å². The summed E-state index contributed by atoms with van der Waals surface area (Å²) in [5, 5.41) is 12.4. The van der Waals surface area contributed by atoms with Gasteiger partial charge in [-0.15, -0.1) is 0 Å². The lowest BCUT2D eigenvalue weighted by Gasteiger charge is -2.09. The fraction of sp³-hybridized carbons (Fsp3) is 0.353. The third kappa shape index (κ3) is 5.38. The first-order valence-corrected chi connectivity index (χ1v) is 10.2. The van der Waals surface area contributed by atoms with Gasteiger partial charge >= 0.3 is 0 Å². The minimum Gasteiger partial charge on any atom is -0.392 e. The van der Waals surface area contributed by atoms with Crippen molar-refractivity contribution in [3.63, 3.8) is 0 Å². The second kappa shape index (κ2) is 7.68. The first kappa shape index (κ1) is 16.9. The van der Waals surface area contributed by atoms with E-state index in [2.05, 4.69) is 16.4 Å². The van der Waals surface area contributed by atoms with Crippen LogP contribution in [0.15, 0.2) is 42.6 Å². The zero-order valence-corrected chi connectivity index (χ0v) is 14.0. The van der Waals surface area contributed by atoms with Gasteiger partial charge in [0, 0.05) is 31.0 Å². The standard InChI is InChI=1S/C17H23N2O2P/c1-22(2,21)10-9-18-12-15-7-8-19-17(11-15)16-5-3-14(13-20)4-6-16/h3-8,11,18,20H,9-10,12-13H2,1-2H3. The molecule has 0 aliphatic carbocycles. The van der Waals surface area contributed by atoms with Crippen molar-refractivity contribution in [1.29, 1.82) is 0 Å². The molecule has 0 aliphatic rings. The highest BCUT2D eigenvalue weighted by Crippen LogP contribution is 2.34. The van der Waals surface area contributed by atoms with Gasteiger partial charge in [0.05, 0.1) is 19.4 Å². The molecule has 0 spiro atoms. The van der Waals surface area contributed by atoms with E-state index in [0.29, 0.717) is 6.16 Å². The third-order valence-corrected chi connectivity index (χ3v) is 4.71. The molecule has 2 aromatic rings. The van der Waals surface area contributed by atoms with Gasteiger partial charge in [-0.1, -0.05) is 24.3 Å². The van der Waals surface area contributed by atoms with E-state index in [0.717, 1.165) is 35.5 Å². The smallest absolute Gasteiger partial charge is 0.0831 e. The van der Waals surface area contributed by atoms with Crippen LogP contribution in [0.4, 0.5) is 0 Å². The van der Waals surface area contributed by atoms with Gasteiger partial charge in [0.15, 0.2) is 0 Å². The highest BCUT2D eigenvalue weighted by atomic mass is 31.2. The van der Waals surface area contributed by atoms with E-state index in [4.69, 9.17) is 5.11 Å². The normalized spacial score (nSPS) is 11.6. The van der Waals surface area contributed by atoms with E-state index in [1.807, 2.05) is 43.7 Å². The van der Waals surface area contributed by atoms with Gasteiger partial charge in [0.25, 0.3) is 0 Å². The summed E-state index contributed by atoms with van der Waals surface area (Å²) in [7, 11) is -1.95. The Morgan fingerprint density at radius 1 is 1.14 bits per heavy atom. The Hall–Kier alpha value is -1.48. The first-order chi connectivity index (χ1) is 10.5. The Morgan fingerprint density at radius 2 is 1.86 bits per heavy atom. The number of benzene rings is 1. The van der Waals surface area contributed by atoms with Gasteiger partial charge in [0.2, 0.25) is 0 Å². The number of rotatable bonds is 7. The summed E-state index contributed by atoms with van der Waals surface area (Å²) in [5.41, 5.74) is 3.99. The molecule has 1 heterocycles. The Balaban J connectivity index is 1.98. The van der Waals surface area contributed by atoms with Gasteiger partial charge < -0.3 is 15.0 Å². The van der Waals surface area contributed by atoms with Crippen LogP contribution in [0, 0.1) is 0 Å². The average Bonchev–Trinajstić information content (AvgIpc) is 2.51. The molecule has 0 radical (unpaired) electrons. The maximum atomic E-state index is 11.6. The van der Waals surface area contributed by atoms with Crippen molar-refractivity contribution in [3.8, 4) is 11.3 Å². The van der Waals surface area contributed by atoms with Crippen molar-refractivity contribution in [3.05, 3.63) is 53.7 Å². The Kier molecular flexibility index (Phi) is 5.90. The SMILES string of the molecule is CP(C)(=O)CCNCc1ccnc(-c2ccc(CO)cc2)c1. The fourth-order valence-corrected chi connectivity index (χ4v) is 2.80. The van der Waals surface area contributed by atoms with Crippen molar-refractivity contribution in [2.24, 2.45) is 0 Å². The molecule has 0 saturated carbocycles. The van der Waals surface area contributed by atoms with Crippen LogP contribution in [0.3, 0.4) is 0 Å². The summed E-state index contributed by atoms with van der Waals surface area (Å²) in [6.45, 7) is 5.18. The maximum Gasteiger partial charge on any atom is 0.0831 e. The number of nitrogens with zero attached hydrogens (tertiary/aromatic N) is 1. The lowest BCUT2D eigenvalue weighted by molar-refractivity contribution is 0.282. The lowest BCUT2D eigenvalue weighted by atomic mass is 10.1. The highest BCUT2D eigenvalue weighted by molar-refractivity contribution is 7.62. The molecule has 0 unspecified atom stereocenters. The predicted octanol–water partition coefficient (Wildman–Crippen LogP) is 2.95. The van der Waals surface area contributed by atoms with E-state index in [-0.39, 0.29) is 6.61 Å². The third-order valence-electron chi connectivity index (χ3n) is 3.41. The molecule has 0 atom stereocenters. The van der Waals surface area contributed by atoms with Crippen molar-refractivity contribution in [2.75, 3.05) is 26.0 Å². The lowest BCUT2D eigenvalue weighted by Crippen LogP contribution is -2.17. The van der Waals surface area contributed by atoms with Crippen molar-refractivity contribution < 1.29 is 9.67 Å². The fourth-order valence-electron chi connectivity index (χ4n) is 2.10. The Morgan fingerprint density at radius 3 is 2.50 bits per heavy atom. The molecule has 2 rings (SSSR count). The molecule has 4 nitrogen and oxygen atoms in total. The average molecular weight is 318 g/mol. The summed E-state index contributed by atoms with van der Waals surface area (Å²) in [6, 6.07) is 11.8. The second-order valence-electron chi connectivity index (χ2n) is 5.88. The Labute approximate surface area is 132 Å². The summed E-state index contributed by atoms with van der Waals surface area (Å²) in [4.78, 5) is 4.40. The Bertz CT molecular complexity index is 650. The van der Waals surface area contributed by atoms with Gasteiger partial charge in [-0.3, -0.25) is 4.98 Å². The first-order valence-electron chi connectivity index (χ1n) is 7.38. The van der Waals surface area contributed by atoms with Gasteiger partial charge in [-0.2, -0.15) is 0 Å². The molecule has 0 fully saturated rings. The predicted molar refractivity (Wildman–Crippen MR) is 91.6 cm³/mol. The minimum absolute atomic E-state index is 0.0520. The van der Waals surface area contributed by atoms with Crippen LogP contribution in [-0.4, -0.2) is 36.1 Å². The van der Waals surface area contributed by atoms with E-state index in [1.54, 1.807) is 6.20 Å². The summed E-state index contributed by atoms with van der Waals surface area (Å²) in [6.07, 6.45) is 2.52. The van der Waals surface area contributed by atoms with Crippen LogP contribution in [0.25, 0.3) is 11.3 Å². The molecule has 118 valence electrons. The topological polar surface area (TPSA) is 62.2 Å². The van der Waals surface area contributed by atoms with Crippen LogP contribution in [0.2, 0.25) is 0 Å². The van der Waals surface area contributed by atoms with Crippen LogP contribution in [-0.2, 0) is 17.7 Å². The number of pyridine rings is 1. The van der Waals surface area contributed by atoms with Gasteiger partial charge in [-0.25, -0.2) is 0 Å². The highest BCUT2D eigenvalue weighted by Gasteiger charge is 2.06. The number of hydrogen-bond donors (Lipinski definition) is 2. The number of aromatic nitrogens is 1. The quantitative estimate of drug-likeness (QED) is 0.608. The molecule has 1 aromatic carbocycles. The van der Waals surface area contributed by atoms with E-state index in [9.17, 15) is 4.57 Å². The summed E-state index contributed by atoms with van der Waals surface area (Å²) < 4.78 is 11.6. The van der Waals surface area contributed by atoms with Gasteiger partial charge in [0.1, 0.15) is 0 Å². The van der Waals surface area contributed by atoms with Crippen LogP contribution in [0.5, 0.6) is 0 Å². The molecular weight excluding hydrogens is 295 g/mol. The minimum atomic E-state index is -1.95. The zero-order chi connectivity index (χ0) is 16.0. The molecule has 5 heteroatoms. The number of nitrogens with one attached hydrogen (secondary N) is 1. The number of hydrogen-bond acceptors (Lipinski definition) is 4. The molecule has 1 aromatic heterocycles. The molecular formula is C17H23N2O2P. The van der Waals surface area contributed by atoms with E-state index < -0.39 is 7.14 Å². The second-order valence-corrected chi connectivity index (χ2v) is 9.47. The monoisotopic (exact) mass is 318 g/mol. The molecule has 22 heavy (non-hydrogen) atoms. The number of aliphatic hydroxyl groups excluding tert-OH is 1. The maximum absolute atomic E-state index is 11.6. The summed E-state index contributed by atoms with van der Waals surface area (Å²) in [5.74, 6) is 0. The van der Waals surface area contributed by atoms with Crippen molar-refractivity contribution >= 4 is 7.14 Å². The number of aliphatic hydroxyl groups is 1. The molecule has 2 N–H and O–H groups in total. The van der Waals surface area contributed by atoms with Gasteiger partial charge in [-0.05, 0) is 36.6 Å². The zero-order valence-electron chi connectivity index (χ0n) is 13.1. The largest absolute Gasteiger partial charge is 0.392 e. The molecule has 0 aliphatic heterocycles. The van der Waals surface area contributed by atoms with Crippen LogP contribution in [0.1, 0.15) is 11.1 Å². The molecule has 0 saturated heterocycles.